The summed E-state index contributed by atoms with van der Waals surface area (Å²) in [7, 11) is 0. The Hall–Kier alpha value is -2.23. The van der Waals surface area contributed by atoms with Gasteiger partial charge in [0, 0.05) is 10.9 Å². The molecule has 0 atom stereocenters. The summed E-state index contributed by atoms with van der Waals surface area (Å²) < 4.78 is 0. The van der Waals surface area contributed by atoms with Crippen LogP contribution in [0.5, 0.6) is 0 Å². The number of nitrogens with zero attached hydrogens (tertiary/aromatic N) is 2. The summed E-state index contributed by atoms with van der Waals surface area (Å²) in [5, 5.41) is 13.7. The van der Waals surface area contributed by atoms with Gasteiger partial charge in [0.05, 0.1) is 23.9 Å². The average molecular weight is 258 g/mol. The lowest BCUT2D eigenvalue weighted by Gasteiger charge is -1.98. The molecule has 5 nitrogen and oxygen atoms in total. The first-order chi connectivity index (χ1) is 8.72. The Morgan fingerprint density at radius 1 is 1.56 bits per heavy atom. The molecule has 90 valence electrons. The molecule has 3 N–H and O–H groups in total. The van der Waals surface area contributed by atoms with Gasteiger partial charge in [-0.05, 0) is 12.1 Å². The van der Waals surface area contributed by atoms with Crippen LogP contribution in [0.25, 0.3) is 11.3 Å². The predicted octanol–water partition coefficient (Wildman–Crippen LogP) is 1.58. The van der Waals surface area contributed by atoms with E-state index < -0.39 is 0 Å². The number of nitriles is 1. The number of hydrogen-bond donors (Lipinski definition) is 2. The fraction of sp³-hybridized carbons (Fsp3) is 0.0833. The van der Waals surface area contributed by atoms with Crippen molar-refractivity contribution in [2.24, 2.45) is 5.73 Å². The SMILES string of the molecule is N#Cc1cccc(-c2csc(NC(=O)CN)n2)c1. The van der Waals surface area contributed by atoms with Crippen molar-refractivity contribution in [3.63, 3.8) is 0 Å². The van der Waals surface area contributed by atoms with E-state index in [1.54, 1.807) is 18.2 Å². The molecule has 1 aromatic heterocycles. The highest BCUT2D eigenvalue weighted by Crippen LogP contribution is 2.25. The number of nitrogens with one attached hydrogen (secondary N) is 1. The van der Waals surface area contributed by atoms with Crippen molar-refractivity contribution in [3.05, 3.63) is 35.2 Å². The Kier molecular flexibility index (Phi) is 3.67. The van der Waals surface area contributed by atoms with Crippen LogP contribution >= 0.6 is 11.3 Å². The van der Waals surface area contributed by atoms with E-state index in [1.165, 1.54) is 11.3 Å². The second kappa shape index (κ2) is 5.40. The molecule has 0 aliphatic carbocycles. The Morgan fingerprint density at radius 3 is 3.11 bits per heavy atom. The lowest BCUT2D eigenvalue weighted by molar-refractivity contribution is -0.114. The van der Waals surface area contributed by atoms with E-state index in [9.17, 15) is 4.79 Å². The molecule has 0 spiro atoms. The zero-order chi connectivity index (χ0) is 13.0. The molecule has 0 bridgehead atoms. The molecule has 2 aromatic rings. The molecule has 0 aliphatic rings. The van der Waals surface area contributed by atoms with E-state index in [0.29, 0.717) is 10.7 Å². The summed E-state index contributed by atoms with van der Waals surface area (Å²) in [5.41, 5.74) is 7.35. The van der Waals surface area contributed by atoms with Crippen molar-refractivity contribution in [1.29, 1.82) is 5.26 Å². The van der Waals surface area contributed by atoms with Crippen molar-refractivity contribution >= 4 is 22.4 Å². The average Bonchev–Trinajstić information content (AvgIpc) is 2.87. The molecule has 0 fully saturated rings. The maximum atomic E-state index is 11.1. The quantitative estimate of drug-likeness (QED) is 0.874. The number of aromatic nitrogens is 1. The van der Waals surface area contributed by atoms with Gasteiger partial charge in [-0.25, -0.2) is 4.98 Å². The maximum absolute atomic E-state index is 11.1. The van der Waals surface area contributed by atoms with Crippen LogP contribution in [0.15, 0.2) is 29.6 Å². The number of benzene rings is 1. The van der Waals surface area contributed by atoms with Crippen molar-refractivity contribution in [1.82, 2.24) is 4.98 Å². The van der Waals surface area contributed by atoms with Crippen LogP contribution < -0.4 is 11.1 Å². The van der Waals surface area contributed by atoms with Gasteiger partial charge < -0.3 is 11.1 Å². The third kappa shape index (κ3) is 2.71. The van der Waals surface area contributed by atoms with Gasteiger partial charge in [0.1, 0.15) is 0 Å². The molecule has 6 heteroatoms. The number of thiazole rings is 1. The van der Waals surface area contributed by atoms with E-state index in [0.717, 1.165) is 11.3 Å². The highest BCUT2D eigenvalue weighted by Gasteiger charge is 2.07. The van der Waals surface area contributed by atoms with Crippen molar-refractivity contribution in [3.8, 4) is 17.3 Å². The molecule has 1 amide bonds. The first-order valence-electron chi connectivity index (χ1n) is 5.19. The first-order valence-corrected chi connectivity index (χ1v) is 6.07. The van der Waals surface area contributed by atoms with Gasteiger partial charge >= 0.3 is 0 Å². The van der Waals surface area contributed by atoms with Gasteiger partial charge in [-0.15, -0.1) is 11.3 Å². The van der Waals surface area contributed by atoms with Crippen LogP contribution in [-0.4, -0.2) is 17.4 Å². The van der Waals surface area contributed by atoms with Gasteiger partial charge in [0.15, 0.2) is 5.13 Å². The monoisotopic (exact) mass is 258 g/mol. The zero-order valence-electron chi connectivity index (χ0n) is 9.38. The standard InChI is InChI=1S/C12H10N4OS/c13-5-8-2-1-3-9(4-8)10-7-18-12(15-10)16-11(17)6-14/h1-4,7H,6,14H2,(H,15,16,17). The Morgan fingerprint density at radius 2 is 2.39 bits per heavy atom. The summed E-state index contributed by atoms with van der Waals surface area (Å²) in [4.78, 5) is 15.4. The van der Waals surface area contributed by atoms with Gasteiger partial charge in [-0.2, -0.15) is 5.26 Å². The van der Waals surface area contributed by atoms with Crippen LogP contribution in [0.3, 0.4) is 0 Å². The van der Waals surface area contributed by atoms with Crippen molar-refractivity contribution < 1.29 is 4.79 Å². The molecule has 1 heterocycles. The summed E-state index contributed by atoms with van der Waals surface area (Å²) >= 11 is 1.32. The van der Waals surface area contributed by atoms with Crippen LogP contribution in [0.1, 0.15) is 5.56 Å². The zero-order valence-corrected chi connectivity index (χ0v) is 10.2. The Labute approximate surface area is 108 Å². The molecule has 0 unspecified atom stereocenters. The highest BCUT2D eigenvalue weighted by atomic mass is 32.1. The Balaban J connectivity index is 2.24. The molecule has 0 aliphatic heterocycles. The van der Waals surface area contributed by atoms with Crippen LogP contribution in [0.4, 0.5) is 5.13 Å². The molecular formula is C12H10N4OS. The van der Waals surface area contributed by atoms with E-state index in [2.05, 4.69) is 16.4 Å². The molecule has 0 saturated heterocycles. The van der Waals surface area contributed by atoms with E-state index in [1.807, 2.05) is 11.4 Å². The van der Waals surface area contributed by atoms with Crippen LogP contribution in [-0.2, 0) is 4.79 Å². The van der Waals surface area contributed by atoms with Gasteiger partial charge in [-0.1, -0.05) is 12.1 Å². The van der Waals surface area contributed by atoms with Gasteiger partial charge in [0.25, 0.3) is 0 Å². The number of nitrogens with two attached hydrogens (primary N) is 1. The lowest BCUT2D eigenvalue weighted by atomic mass is 10.1. The Bertz CT molecular complexity index is 615. The highest BCUT2D eigenvalue weighted by molar-refractivity contribution is 7.14. The molecule has 2 rings (SSSR count). The number of amides is 1. The molecular weight excluding hydrogens is 248 g/mol. The largest absolute Gasteiger partial charge is 0.322 e. The van der Waals surface area contributed by atoms with Crippen LogP contribution in [0, 0.1) is 11.3 Å². The number of anilines is 1. The van der Waals surface area contributed by atoms with E-state index in [4.69, 9.17) is 11.0 Å². The number of hydrogen-bond acceptors (Lipinski definition) is 5. The fourth-order valence-corrected chi connectivity index (χ4v) is 2.12. The molecule has 18 heavy (non-hydrogen) atoms. The van der Waals surface area contributed by atoms with Crippen molar-refractivity contribution in [2.45, 2.75) is 0 Å². The van der Waals surface area contributed by atoms with E-state index >= 15 is 0 Å². The first kappa shape index (κ1) is 12.2. The number of carbonyl (C=O) groups is 1. The molecule has 1 aromatic carbocycles. The second-order valence-electron chi connectivity index (χ2n) is 3.48. The van der Waals surface area contributed by atoms with E-state index in [-0.39, 0.29) is 12.5 Å². The van der Waals surface area contributed by atoms with Crippen LogP contribution in [0.2, 0.25) is 0 Å². The second-order valence-corrected chi connectivity index (χ2v) is 4.34. The number of carbonyl (C=O) groups excluding carboxylic acids is 1. The number of rotatable bonds is 3. The minimum atomic E-state index is -0.276. The summed E-state index contributed by atoms with van der Waals surface area (Å²) in [5.74, 6) is -0.276. The third-order valence-corrected chi connectivity index (χ3v) is 2.98. The topological polar surface area (TPSA) is 91.8 Å². The maximum Gasteiger partial charge on any atom is 0.239 e. The van der Waals surface area contributed by atoms with Gasteiger partial charge in [0.2, 0.25) is 5.91 Å². The minimum Gasteiger partial charge on any atom is -0.322 e. The normalized spacial score (nSPS) is 9.78. The summed E-state index contributed by atoms with van der Waals surface area (Å²) in [6, 6.07) is 9.22. The minimum absolute atomic E-state index is 0.0706. The smallest absolute Gasteiger partial charge is 0.239 e. The summed E-state index contributed by atoms with van der Waals surface area (Å²) in [6.45, 7) is -0.0706. The van der Waals surface area contributed by atoms with Crippen molar-refractivity contribution in [2.75, 3.05) is 11.9 Å². The third-order valence-electron chi connectivity index (χ3n) is 2.22. The molecule has 0 saturated carbocycles. The van der Waals surface area contributed by atoms with Gasteiger partial charge in [-0.3, -0.25) is 4.79 Å². The predicted molar refractivity (Wildman–Crippen MR) is 69.9 cm³/mol. The fourth-order valence-electron chi connectivity index (χ4n) is 1.38. The summed E-state index contributed by atoms with van der Waals surface area (Å²) in [6.07, 6.45) is 0. The molecule has 0 radical (unpaired) electrons. The lowest BCUT2D eigenvalue weighted by Crippen LogP contribution is -2.21.